The van der Waals surface area contributed by atoms with Gasteiger partial charge in [0, 0.05) is 5.54 Å². The van der Waals surface area contributed by atoms with E-state index in [4.69, 9.17) is 10.5 Å². The molecule has 1 atom stereocenters. The summed E-state index contributed by atoms with van der Waals surface area (Å²) in [7, 11) is 0. The van der Waals surface area contributed by atoms with Crippen molar-refractivity contribution in [2.45, 2.75) is 84.8 Å². The summed E-state index contributed by atoms with van der Waals surface area (Å²) in [5, 5.41) is 10.1. The van der Waals surface area contributed by atoms with Crippen molar-refractivity contribution in [2.24, 2.45) is 22.0 Å². The smallest absolute Gasteiger partial charge is 0.0778 e. The van der Waals surface area contributed by atoms with Gasteiger partial charge in [0.05, 0.1) is 19.3 Å². The lowest BCUT2D eigenvalue weighted by Gasteiger charge is -2.40. The maximum absolute atomic E-state index is 10.1. The number of hydrogen-bond acceptors (Lipinski definition) is 3. The number of nitrogens with two attached hydrogens (primary N) is 1. The number of rotatable bonds is 6. The van der Waals surface area contributed by atoms with E-state index < -0.39 is 0 Å². The minimum atomic E-state index is -0.347. The molecular weight excluding hydrogens is 262 g/mol. The average molecular weight is 297 g/mol. The number of aliphatic hydroxyl groups is 1. The zero-order valence-corrected chi connectivity index (χ0v) is 14.7. The van der Waals surface area contributed by atoms with Gasteiger partial charge in [-0.3, -0.25) is 0 Å². The lowest BCUT2D eigenvalue weighted by Crippen LogP contribution is -2.48. The first-order valence-corrected chi connectivity index (χ1v) is 8.52. The van der Waals surface area contributed by atoms with E-state index in [2.05, 4.69) is 34.6 Å². The molecule has 3 heteroatoms. The standard InChI is InChI=1S/C18H35NO2/c1-15(2,3)10-14(20)11-21-13-17-6-8-18(12-17,9-7-17)16(4,5)19/h14,20H,6-13,19H2,1-5H3. The Morgan fingerprint density at radius 3 is 2.10 bits per heavy atom. The van der Waals surface area contributed by atoms with Crippen LogP contribution in [0.3, 0.4) is 0 Å². The van der Waals surface area contributed by atoms with Gasteiger partial charge in [-0.05, 0) is 68.6 Å². The van der Waals surface area contributed by atoms with Crippen LogP contribution in [0.1, 0.15) is 73.1 Å². The normalized spacial score (nSPS) is 34.4. The van der Waals surface area contributed by atoms with Crippen molar-refractivity contribution in [1.82, 2.24) is 0 Å². The zero-order chi connectivity index (χ0) is 15.9. The van der Waals surface area contributed by atoms with Crippen LogP contribution in [-0.2, 0) is 4.74 Å². The first kappa shape index (κ1) is 17.2. The molecular formula is C18H35NO2. The maximum atomic E-state index is 10.1. The van der Waals surface area contributed by atoms with Gasteiger partial charge in [-0.25, -0.2) is 0 Å². The Kier molecular flexibility index (Phi) is 4.52. The monoisotopic (exact) mass is 297 g/mol. The fraction of sp³-hybridized carbons (Fsp3) is 1.00. The summed E-state index contributed by atoms with van der Waals surface area (Å²) in [6, 6.07) is 0. The van der Waals surface area contributed by atoms with Gasteiger partial charge in [-0.15, -0.1) is 0 Å². The first-order valence-electron chi connectivity index (χ1n) is 8.52. The van der Waals surface area contributed by atoms with Crippen molar-refractivity contribution in [3.63, 3.8) is 0 Å². The van der Waals surface area contributed by atoms with Crippen molar-refractivity contribution in [1.29, 1.82) is 0 Å². The number of ether oxygens (including phenoxy) is 1. The van der Waals surface area contributed by atoms with Crippen LogP contribution in [0.4, 0.5) is 0 Å². The third kappa shape index (κ3) is 3.80. The Morgan fingerprint density at radius 2 is 1.67 bits per heavy atom. The highest BCUT2D eigenvalue weighted by Crippen LogP contribution is 2.64. The highest BCUT2D eigenvalue weighted by molar-refractivity contribution is 5.11. The maximum Gasteiger partial charge on any atom is 0.0778 e. The molecule has 2 bridgehead atoms. The van der Waals surface area contributed by atoms with Crippen LogP contribution in [0.15, 0.2) is 0 Å². The van der Waals surface area contributed by atoms with Gasteiger partial charge in [0.2, 0.25) is 0 Å². The molecule has 0 aromatic carbocycles. The van der Waals surface area contributed by atoms with Gasteiger partial charge >= 0.3 is 0 Å². The quantitative estimate of drug-likeness (QED) is 0.789. The number of aliphatic hydroxyl groups excluding tert-OH is 1. The average Bonchev–Trinajstić information content (AvgIpc) is 2.82. The fourth-order valence-electron chi connectivity index (χ4n) is 4.58. The van der Waals surface area contributed by atoms with Crippen LogP contribution in [0.5, 0.6) is 0 Å². The van der Waals surface area contributed by atoms with Crippen LogP contribution < -0.4 is 5.73 Å². The molecule has 0 saturated heterocycles. The molecule has 1 unspecified atom stereocenters. The Morgan fingerprint density at radius 1 is 1.10 bits per heavy atom. The van der Waals surface area contributed by atoms with Gasteiger partial charge < -0.3 is 15.6 Å². The summed E-state index contributed by atoms with van der Waals surface area (Å²) in [4.78, 5) is 0. The molecule has 2 aliphatic carbocycles. The van der Waals surface area contributed by atoms with Gasteiger partial charge in [-0.1, -0.05) is 20.8 Å². The third-order valence-corrected chi connectivity index (χ3v) is 5.91. The molecule has 0 aromatic heterocycles. The summed E-state index contributed by atoms with van der Waals surface area (Å²) in [6.45, 7) is 12.1. The Hall–Kier alpha value is -0.120. The van der Waals surface area contributed by atoms with Crippen molar-refractivity contribution in [3.8, 4) is 0 Å². The SMILES string of the molecule is CC(C)(C)CC(O)COCC12CCC(C(C)(C)N)(CC1)C2. The van der Waals surface area contributed by atoms with E-state index in [-0.39, 0.29) is 17.1 Å². The molecule has 3 N–H and O–H groups in total. The molecule has 0 aromatic rings. The lowest BCUT2D eigenvalue weighted by molar-refractivity contribution is -0.0176. The summed E-state index contributed by atoms with van der Waals surface area (Å²) >= 11 is 0. The molecule has 2 saturated carbocycles. The molecule has 2 fully saturated rings. The highest BCUT2D eigenvalue weighted by atomic mass is 16.5. The molecule has 0 aliphatic heterocycles. The van der Waals surface area contributed by atoms with Crippen LogP contribution >= 0.6 is 0 Å². The number of hydrogen-bond donors (Lipinski definition) is 2. The van der Waals surface area contributed by atoms with Crippen LogP contribution in [0, 0.1) is 16.2 Å². The molecule has 3 nitrogen and oxygen atoms in total. The molecule has 0 heterocycles. The minimum Gasteiger partial charge on any atom is -0.391 e. The van der Waals surface area contributed by atoms with Crippen molar-refractivity contribution in [3.05, 3.63) is 0 Å². The molecule has 124 valence electrons. The Labute approximate surface area is 130 Å². The largest absolute Gasteiger partial charge is 0.391 e. The van der Waals surface area contributed by atoms with Crippen LogP contribution in [0.2, 0.25) is 0 Å². The molecule has 2 rings (SSSR count). The van der Waals surface area contributed by atoms with E-state index in [9.17, 15) is 5.11 Å². The molecule has 0 radical (unpaired) electrons. The lowest BCUT2D eigenvalue weighted by atomic mass is 9.70. The summed E-state index contributed by atoms with van der Waals surface area (Å²) in [5.74, 6) is 0. The van der Waals surface area contributed by atoms with Gasteiger partial charge in [0.15, 0.2) is 0 Å². The van der Waals surface area contributed by atoms with Crippen LogP contribution in [-0.4, -0.2) is 30.0 Å². The molecule has 21 heavy (non-hydrogen) atoms. The zero-order valence-electron chi connectivity index (χ0n) is 14.7. The van der Waals surface area contributed by atoms with Crippen LogP contribution in [0.25, 0.3) is 0 Å². The second-order valence-electron chi connectivity index (χ2n) is 9.61. The summed E-state index contributed by atoms with van der Waals surface area (Å²) < 4.78 is 5.91. The van der Waals surface area contributed by atoms with Gasteiger partial charge in [0.1, 0.15) is 0 Å². The highest BCUT2D eigenvalue weighted by Gasteiger charge is 2.59. The van der Waals surface area contributed by atoms with Crippen molar-refractivity contribution in [2.75, 3.05) is 13.2 Å². The van der Waals surface area contributed by atoms with Crippen molar-refractivity contribution < 1.29 is 9.84 Å². The predicted molar refractivity (Wildman–Crippen MR) is 87.1 cm³/mol. The molecule has 0 spiro atoms. The first-order chi connectivity index (χ1) is 9.47. The summed E-state index contributed by atoms with van der Waals surface area (Å²) in [5.41, 5.74) is 7.16. The second-order valence-corrected chi connectivity index (χ2v) is 9.61. The van der Waals surface area contributed by atoms with E-state index in [1.165, 1.54) is 32.1 Å². The molecule has 2 aliphatic rings. The Balaban J connectivity index is 1.81. The van der Waals surface area contributed by atoms with E-state index >= 15 is 0 Å². The van der Waals surface area contributed by atoms with E-state index in [1.54, 1.807) is 0 Å². The van der Waals surface area contributed by atoms with E-state index in [0.29, 0.717) is 17.4 Å². The number of fused-ring (bicyclic) bond motifs is 2. The van der Waals surface area contributed by atoms with E-state index in [1.807, 2.05) is 0 Å². The van der Waals surface area contributed by atoms with E-state index in [0.717, 1.165) is 13.0 Å². The van der Waals surface area contributed by atoms with Gasteiger partial charge in [0.25, 0.3) is 0 Å². The second kappa shape index (κ2) is 5.50. The minimum absolute atomic E-state index is 0.0863. The Bertz CT molecular complexity index is 356. The fourth-order valence-corrected chi connectivity index (χ4v) is 4.58. The van der Waals surface area contributed by atoms with Crippen molar-refractivity contribution >= 4 is 0 Å². The summed E-state index contributed by atoms with van der Waals surface area (Å²) in [6.07, 6.45) is 6.61. The molecule has 0 amide bonds. The van der Waals surface area contributed by atoms with Gasteiger partial charge in [-0.2, -0.15) is 0 Å². The predicted octanol–water partition coefficient (Wildman–Crippen LogP) is 3.49. The third-order valence-electron chi connectivity index (χ3n) is 5.91. The topological polar surface area (TPSA) is 55.5 Å².